The van der Waals surface area contributed by atoms with Crippen molar-refractivity contribution in [3.63, 3.8) is 0 Å². The third kappa shape index (κ3) is 5.60. The lowest BCUT2D eigenvalue weighted by atomic mass is 9.97. The number of rotatable bonds is 8. The van der Waals surface area contributed by atoms with Gasteiger partial charge in [-0.3, -0.25) is 20.6 Å². The summed E-state index contributed by atoms with van der Waals surface area (Å²) in [5.41, 5.74) is 4.06. The number of ether oxygens (including phenoxy) is 1. The zero-order chi connectivity index (χ0) is 24.5. The minimum atomic E-state index is -1.32. The van der Waals surface area contributed by atoms with E-state index < -0.39 is 11.8 Å². The smallest absolute Gasteiger partial charge is 0.415 e. The second-order valence-electron chi connectivity index (χ2n) is 8.31. The van der Waals surface area contributed by atoms with Crippen molar-refractivity contribution in [1.82, 2.24) is 20.2 Å². The molecule has 1 amide bonds. The Labute approximate surface area is 205 Å². The molecule has 0 bridgehead atoms. The van der Waals surface area contributed by atoms with E-state index in [1.165, 1.54) is 9.91 Å². The van der Waals surface area contributed by atoms with Gasteiger partial charge in [0.2, 0.25) is 5.72 Å². The summed E-state index contributed by atoms with van der Waals surface area (Å²) >= 11 is 0. The maximum absolute atomic E-state index is 13.5. The second kappa shape index (κ2) is 11.2. The van der Waals surface area contributed by atoms with Gasteiger partial charge in [0.25, 0.3) is 0 Å². The molecule has 3 aromatic carbocycles. The normalized spacial score (nSPS) is 17.7. The maximum atomic E-state index is 13.5. The zero-order valence-electron chi connectivity index (χ0n) is 19.4. The van der Waals surface area contributed by atoms with E-state index in [2.05, 4.69) is 28.7 Å². The standard InChI is InChI=1S/C27H28N6O2/c28-21-30-33(19-24-12-6-2-7-13-24)26(34)35-27(25-14-8-3-9-15-25)20-31(16-17-32(27)22-29)18-23-10-4-1-5-11-23/h1-15,21H,16-20H2,(H2,28,30). The van der Waals surface area contributed by atoms with Crippen LogP contribution in [0.2, 0.25) is 0 Å². The molecule has 8 heteroatoms. The number of piperazine rings is 1. The molecule has 1 saturated heterocycles. The third-order valence-corrected chi connectivity index (χ3v) is 5.99. The Morgan fingerprint density at radius 3 is 2.20 bits per heavy atom. The number of amides is 1. The third-order valence-electron chi connectivity index (χ3n) is 5.99. The fourth-order valence-corrected chi connectivity index (χ4v) is 4.30. The summed E-state index contributed by atoms with van der Waals surface area (Å²) in [6.07, 6.45) is 2.51. The first-order valence-corrected chi connectivity index (χ1v) is 11.4. The van der Waals surface area contributed by atoms with Gasteiger partial charge in [-0.25, -0.2) is 9.80 Å². The lowest BCUT2D eigenvalue weighted by molar-refractivity contribution is -0.146. The molecule has 1 fully saturated rings. The molecule has 178 valence electrons. The molecule has 3 aromatic rings. The molecule has 1 unspecified atom stereocenters. The lowest BCUT2D eigenvalue weighted by Gasteiger charge is -2.47. The summed E-state index contributed by atoms with van der Waals surface area (Å²) in [4.78, 5) is 17.2. The number of hydrazine groups is 1. The molecule has 0 saturated carbocycles. The van der Waals surface area contributed by atoms with Crippen molar-refractivity contribution in [3.05, 3.63) is 108 Å². The average Bonchev–Trinajstić information content (AvgIpc) is 2.90. The number of hydrogen-bond acceptors (Lipinski definition) is 6. The highest BCUT2D eigenvalue weighted by Gasteiger charge is 2.47. The molecule has 0 radical (unpaired) electrons. The molecule has 2 N–H and O–H groups in total. The van der Waals surface area contributed by atoms with Gasteiger partial charge in [0, 0.05) is 25.2 Å². The highest BCUT2D eigenvalue weighted by Crippen LogP contribution is 2.35. The van der Waals surface area contributed by atoms with Crippen molar-refractivity contribution in [2.24, 2.45) is 0 Å². The quantitative estimate of drug-likeness (QED) is 0.225. The Hall–Kier alpha value is -4.35. The monoisotopic (exact) mass is 468 g/mol. The first-order valence-electron chi connectivity index (χ1n) is 11.4. The van der Waals surface area contributed by atoms with E-state index in [0.717, 1.165) is 17.5 Å². The predicted molar refractivity (Wildman–Crippen MR) is 133 cm³/mol. The Morgan fingerprint density at radius 1 is 1.00 bits per heavy atom. The Kier molecular flexibility index (Phi) is 7.60. The van der Waals surface area contributed by atoms with E-state index in [1.54, 1.807) is 0 Å². The number of benzene rings is 3. The van der Waals surface area contributed by atoms with E-state index in [1.807, 2.05) is 78.9 Å². The summed E-state index contributed by atoms with van der Waals surface area (Å²) in [6.45, 7) is 2.23. The van der Waals surface area contributed by atoms with Crippen LogP contribution >= 0.6 is 0 Å². The number of nitrogens with one attached hydrogen (secondary N) is 2. The van der Waals surface area contributed by atoms with Gasteiger partial charge in [-0.15, -0.1) is 0 Å². The molecule has 0 aliphatic carbocycles. The van der Waals surface area contributed by atoms with Crippen molar-refractivity contribution in [2.75, 3.05) is 19.6 Å². The van der Waals surface area contributed by atoms with Crippen LogP contribution in [0, 0.1) is 16.9 Å². The Bertz CT molecular complexity index is 1150. The fraction of sp³-hybridized carbons (Fsp3) is 0.222. The van der Waals surface area contributed by atoms with Crippen molar-refractivity contribution >= 4 is 12.4 Å². The van der Waals surface area contributed by atoms with E-state index >= 15 is 0 Å². The van der Waals surface area contributed by atoms with Gasteiger partial charge in [-0.05, 0) is 11.1 Å². The van der Waals surface area contributed by atoms with Crippen LogP contribution in [-0.4, -0.2) is 46.9 Å². The van der Waals surface area contributed by atoms with Gasteiger partial charge in [0.05, 0.1) is 19.4 Å². The molecule has 35 heavy (non-hydrogen) atoms. The highest BCUT2D eigenvalue weighted by molar-refractivity contribution is 5.70. The van der Waals surface area contributed by atoms with Gasteiger partial charge in [-0.1, -0.05) is 91.0 Å². The summed E-state index contributed by atoms with van der Waals surface area (Å²) < 4.78 is 6.21. The number of carbonyl (C=O) groups excluding carboxylic acids is 1. The first kappa shape index (κ1) is 23.8. The number of hydrogen-bond donors (Lipinski definition) is 2. The SMILES string of the molecule is N#CN1CCN(Cc2ccccc2)CC1(OC(=O)N(Cc1ccccc1)NC=N)c1ccccc1. The summed E-state index contributed by atoms with van der Waals surface area (Å²) in [5.74, 6) is 0. The highest BCUT2D eigenvalue weighted by atomic mass is 16.6. The maximum Gasteiger partial charge on any atom is 0.431 e. The molecular formula is C27H28N6O2. The number of carbonyl (C=O) groups is 1. The van der Waals surface area contributed by atoms with Crippen LogP contribution < -0.4 is 5.43 Å². The number of nitrogens with zero attached hydrogens (tertiary/aromatic N) is 4. The lowest BCUT2D eigenvalue weighted by Crippen LogP contribution is -2.61. The van der Waals surface area contributed by atoms with Crippen LogP contribution in [0.5, 0.6) is 0 Å². The van der Waals surface area contributed by atoms with E-state index in [-0.39, 0.29) is 6.54 Å². The Morgan fingerprint density at radius 2 is 1.60 bits per heavy atom. The molecular weight excluding hydrogens is 440 g/mol. The molecule has 1 atom stereocenters. The minimum absolute atomic E-state index is 0.195. The van der Waals surface area contributed by atoms with Crippen molar-refractivity contribution in [2.45, 2.75) is 18.8 Å². The summed E-state index contributed by atoms with van der Waals surface area (Å²) in [5, 5.41) is 18.8. The van der Waals surface area contributed by atoms with Crippen LogP contribution in [0.1, 0.15) is 16.7 Å². The largest absolute Gasteiger partial charge is 0.431 e. The van der Waals surface area contributed by atoms with Gasteiger partial charge in [0.15, 0.2) is 6.19 Å². The fourth-order valence-electron chi connectivity index (χ4n) is 4.30. The van der Waals surface area contributed by atoms with E-state index in [0.29, 0.717) is 31.7 Å². The minimum Gasteiger partial charge on any atom is -0.415 e. The Balaban J connectivity index is 1.65. The molecule has 4 rings (SSSR count). The molecule has 1 aliphatic rings. The van der Waals surface area contributed by atoms with Gasteiger partial charge < -0.3 is 4.74 Å². The van der Waals surface area contributed by atoms with Crippen LogP contribution in [-0.2, 0) is 23.6 Å². The van der Waals surface area contributed by atoms with Crippen molar-refractivity contribution < 1.29 is 9.53 Å². The van der Waals surface area contributed by atoms with E-state index in [4.69, 9.17) is 10.1 Å². The molecule has 8 nitrogen and oxygen atoms in total. The average molecular weight is 469 g/mol. The number of nitriles is 1. The summed E-state index contributed by atoms with van der Waals surface area (Å²) in [7, 11) is 0. The topological polar surface area (TPSA) is 95.7 Å². The van der Waals surface area contributed by atoms with Gasteiger partial charge >= 0.3 is 6.09 Å². The zero-order valence-corrected chi connectivity index (χ0v) is 19.4. The van der Waals surface area contributed by atoms with Crippen LogP contribution in [0.15, 0.2) is 91.0 Å². The van der Waals surface area contributed by atoms with Crippen LogP contribution in [0.4, 0.5) is 4.79 Å². The van der Waals surface area contributed by atoms with E-state index in [9.17, 15) is 10.1 Å². The molecule has 1 aliphatic heterocycles. The van der Waals surface area contributed by atoms with Crippen molar-refractivity contribution in [1.29, 1.82) is 10.7 Å². The van der Waals surface area contributed by atoms with Crippen molar-refractivity contribution in [3.8, 4) is 6.19 Å². The summed E-state index contributed by atoms with van der Waals surface area (Å²) in [6, 6.07) is 28.9. The molecule has 0 spiro atoms. The second-order valence-corrected chi connectivity index (χ2v) is 8.31. The first-order chi connectivity index (χ1) is 17.1. The predicted octanol–water partition coefficient (Wildman–Crippen LogP) is 3.89. The van der Waals surface area contributed by atoms with Crippen LogP contribution in [0.3, 0.4) is 0 Å². The molecule has 1 heterocycles. The van der Waals surface area contributed by atoms with Crippen LogP contribution in [0.25, 0.3) is 0 Å². The van der Waals surface area contributed by atoms with Gasteiger partial charge in [0.1, 0.15) is 0 Å². The molecule has 0 aromatic heterocycles. The van der Waals surface area contributed by atoms with Gasteiger partial charge in [-0.2, -0.15) is 5.26 Å².